The smallest absolute Gasteiger partial charge is 1.00 e. The third-order valence-electron chi connectivity index (χ3n) is 0.218. The number of rotatable bonds is 0. The van der Waals surface area contributed by atoms with Gasteiger partial charge in [-0.2, -0.15) is 0 Å². The Labute approximate surface area is 53.2 Å². The summed E-state index contributed by atoms with van der Waals surface area (Å²) < 4.78 is 0. The molecule has 6 heavy (non-hydrogen) atoms. The van der Waals surface area contributed by atoms with Gasteiger partial charge in [0.05, 0.1) is 0 Å². The van der Waals surface area contributed by atoms with Crippen LogP contribution in [-0.2, 0) is 16.0 Å². The molecule has 0 rings (SSSR count). The van der Waals surface area contributed by atoms with Crippen molar-refractivity contribution in [2.45, 2.75) is 13.8 Å². The Kier molecular flexibility index (Phi) is 9.01. The summed E-state index contributed by atoms with van der Waals surface area (Å²) >= 11 is 3.15. The summed E-state index contributed by atoms with van der Waals surface area (Å²) in [6, 6.07) is 0. The van der Waals surface area contributed by atoms with Gasteiger partial charge in [-0.05, 0) is 0 Å². The minimum Gasteiger partial charge on any atom is -1.00 e. The maximum Gasteiger partial charge on any atom is -1.00 e. The topological polar surface area (TPSA) is 0 Å². The SMILES string of the molecule is CC(C)=[CH][Mn+].[Cl-]. The normalized spacial score (nSPS) is 5.67. The van der Waals surface area contributed by atoms with E-state index in [9.17, 15) is 0 Å². The molecule has 37 valence electrons. The molecule has 0 heterocycles. The molecule has 0 aliphatic heterocycles. The summed E-state index contributed by atoms with van der Waals surface area (Å²) in [7, 11) is 0. The number of allylic oxidation sites excluding steroid dienone is 1. The van der Waals surface area contributed by atoms with Gasteiger partial charge in [0.1, 0.15) is 0 Å². The molecule has 0 aliphatic rings. The van der Waals surface area contributed by atoms with Crippen molar-refractivity contribution in [1.82, 2.24) is 0 Å². The second-order valence-electron chi connectivity index (χ2n) is 1.19. The van der Waals surface area contributed by atoms with Crippen LogP contribution in [0.2, 0.25) is 0 Å². The summed E-state index contributed by atoms with van der Waals surface area (Å²) in [5.74, 6) is 0. The van der Waals surface area contributed by atoms with Crippen LogP contribution in [0.25, 0.3) is 0 Å². The van der Waals surface area contributed by atoms with Gasteiger partial charge in [0.2, 0.25) is 0 Å². The van der Waals surface area contributed by atoms with Crippen molar-refractivity contribution in [2.24, 2.45) is 0 Å². The first-order valence-corrected chi connectivity index (χ1v) is 2.19. The van der Waals surface area contributed by atoms with E-state index in [4.69, 9.17) is 0 Å². The van der Waals surface area contributed by atoms with Gasteiger partial charge in [-0.3, -0.25) is 0 Å². The van der Waals surface area contributed by atoms with E-state index in [1.165, 1.54) is 5.57 Å². The summed E-state index contributed by atoms with van der Waals surface area (Å²) in [5.41, 5.74) is 1.30. The van der Waals surface area contributed by atoms with Gasteiger partial charge in [0.25, 0.3) is 0 Å². The molecule has 0 amide bonds. The summed E-state index contributed by atoms with van der Waals surface area (Å²) in [5, 5.41) is 0. The zero-order chi connectivity index (χ0) is 4.28. The van der Waals surface area contributed by atoms with E-state index in [-0.39, 0.29) is 12.4 Å². The maximum atomic E-state index is 3.15. The zero-order valence-corrected chi connectivity index (χ0v) is 5.77. The molecule has 0 spiro atoms. The molecule has 2 heteroatoms. The predicted molar refractivity (Wildman–Crippen MR) is 19.4 cm³/mol. The van der Waals surface area contributed by atoms with Crippen molar-refractivity contribution < 1.29 is 28.4 Å². The second kappa shape index (κ2) is 5.55. The van der Waals surface area contributed by atoms with Crippen molar-refractivity contribution in [3.63, 3.8) is 0 Å². The van der Waals surface area contributed by atoms with Gasteiger partial charge in [0, 0.05) is 0 Å². The third kappa shape index (κ3) is 8.82. The molecule has 0 saturated heterocycles. The minimum atomic E-state index is 0. The van der Waals surface area contributed by atoms with Crippen LogP contribution in [0, 0.1) is 0 Å². The Morgan fingerprint density at radius 3 is 1.67 bits per heavy atom. The molecule has 0 bridgehead atoms. The first-order chi connectivity index (χ1) is 2.27. The second-order valence-corrected chi connectivity index (χ2v) is 1.53. The van der Waals surface area contributed by atoms with Crippen LogP contribution in [0.3, 0.4) is 0 Å². The van der Waals surface area contributed by atoms with E-state index >= 15 is 0 Å². The fourth-order valence-corrected chi connectivity index (χ4v) is 0. The monoisotopic (exact) mass is 145 g/mol. The third-order valence-corrected chi connectivity index (χ3v) is 0.900. The standard InChI is InChI=1S/C4H7.ClH.Mn/c1-4(2)3;;/h1H,2-3H3;1H;/q;;+1/p-1. The quantitative estimate of drug-likeness (QED) is 0.363. The molecule has 0 atom stereocenters. The largest absolute Gasteiger partial charge is 1.00 e. The van der Waals surface area contributed by atoms with Crippen LogP contribution in [0.1, 0.15) is 13.8 Å². The van der Waals surface area contributed by atoms with Crippen LogP contribution in [0.4, 0.5) is 0 Å². The molecule has 0 radical (unpaired) electrons. The van der Waals surface area contributed by atoms with E-state index in [0.717, 1.165) is 0 Å². The Morgan fingerprint density at radius 1 is 1.50 bits per heavy atom. The molecule has 0 N–H and O–H groups in total. The molecular formula is C4H7ClMn. The van der Waals surface area contributed by atoms with Gasteiger partial charge in [-0.25, -0.2) is 0 Å². The van der Waals surface area contributed by atoms with E-state index in [1.54, 1.807) is 0 Å². The molecule has 0 aromatic carbocycles. The van der Waals surface area contributed by atoms with Gasteiger partial charge in [-0.15, -0.1) is 0 Å². The van der Waals surface area contributed by atoms with Crippen LogP contribution in [-0.4, -0.2) is 0 Å². The van der Waals surface area contributed by atoms with E-state index in [2.05, 4.69) is 16.0 Å². The van der Waals surface area contributed by atoms with Gasteiger partial charge in [0.15, 0.2) is 0 Å². The Bertz CT molecular complexity index is 45.5. The molecule has 0 unspecified atom stereocenters. The predicted octanol–water partition coefficient (Wildman–Crippen LogP) is -1.54. The van der Waals surface area contributed by atoms with E-state index < -0.39 is 0 Å². The average molecular weight is 145 g/mol. The molecule has 0 nitrogen and oxygen atoms in total. The van der Waals surface area contributed by atoms with Crippen molar-refractivity contribution in [2.75, 3.05) is 0 Å². The van der Waals surface area contributed by atoms with Crippen molar-refractivity contribution >= 4 is 0 Å². The van der Waals surface area contributed by atoms with Crippen LogP contribution < -0.4 is 12.4 Å². The van der Waals surface area contributed by atoms with E-state index in [0.29, 0.717) is 0 Å². The van der Waals surface area contributed by atoms with Gasteiger partial charge in [-0.1, -0.05) is 0 Å². The number of halogens is 1. The first-order valence-electron chi connectivity index (χ1n) is 1.51. The van der Waals surface area contributed by atoms with Crippen molar-refractivity contribution in [3.05, 3.63) is 10.5 Å². The van der Waals surface area contributed by atoms with Gasteiger partial charge >= 0.3 is 40.4 Å². The minimum absolute atomic E-state index is 0. The fraction of sp³-hybridized carbons (Fsp3) is 0.500. The molecule has 0 aromatic heterocycles. The molecule has 0 saturated carbocycles. The van der Waals surface area contributed by atoms with Crippen molar-refractivity contribution in [3.8, 4) is 0 Å². The van der Waals surface area contributed by atoms with E-state index in [1.807, 2.05) is 18.8 Å². The summed E-state index contributed by atoms with van der Waals surface area (Å²) in [6.45, 7) is 4.07. The number of hydrogen-bond acceptors (Lipinski definition) is 0. The Balaban J connectivity index is 0. The van der Waals surface area contributed by atoms with Crippen LogP contribution >= 0.6 is 0 Å². The zero-order valence-electron chi connectivity index (χ0n) is 3.83. The number of hydrogen-bond donors (Lipinski definition) is 0. The molecular weight excluding hydrogens is 138 g/mol. The van der Waals surface area contributed by atoms with Gasteiger partial charge < -0.3 is 12.4 Å². The van der Waals surface area contributed by atoms with Crippen molar-refractivity contribution in [1.29, 1.82) is 0 Å². The maximum absolute atomic E-state index is 3.15. The Morgan fingerprint density at radius 2 is 1.67 bits per heavy atom. The molecule has 0 aromatic rings. The average Bonchev–Trinajstić information content (AvgIpc) is 1.38. The fourth-order valence-electron chi connectivity index (χ4n) is 0. The summed E-state index contributed by atoms with van der Waals surface area (Å²) in [4.78, 5) is 1.90. The molecule has 0 aliphatic carbocycles. The summed E-state index contributed by atoms with van der Waals surface area (Å²) in [6.07, 6.45) is 0. The molecule has 0 fully saturated rings. The Hall–Kier alpha value is 0.549. The first kappa shape index (κ1) is 9.75. The van der Waals surface area contributed by atoms with Crippen LogP contribution in [0.15, 0.2) is 10.5 Å². The van der Waals surface area contributed by atoms with Crippen LogP contribution in [0.5, 0.6) is 0 Å².